The summed E-state index contributed by atoms with van der Waals surface area (Å²) in [5.41, 5.74) is 0.840. The fourth-order valence-corrected chi connectivity index (χ4v) is 3.23. The lowest BCUT2D eigenvalue weighted by Crippen LogP contribution is -2.36. The molecule has 0 bridgehead atoms. The Morgan fingerprint density at radius 1 is 1.42 bits per heavy atom. The minimum absolute atomic E-state index is 0.0375. The van der Waals surface area contributed by atoms with Crippen molar-refractivity contribution in [3.8, 4) is 0 Å². The second-order valence-electron chi connectivity index (χ2n) is 6.25. The molecule has 1 aliphatic carbocycles. The van der Waals surface area contributed by atoms with E-state index in [1.54, 1.807) is 12.3 Å². The van der Waals surface area contributed by atoms with E-state index in [9.17, 15) is 14.9 Å². The maximum atomic E-state index is 11.9. The van der Waals surface area contributed by atoms with Gasteiger partial charge >= 0.3 is 11.7 Å². The Hall–Kier alpha value is -2.44. The molecule has 3 rings (SSSR count). The molecule has 0 radical (unpaired) electrons. The number of piperidine rings is 1. The monoisotopic (exact) mass is 331 g/mol. The highest BCUT2D eigenvalue weighted by atomic mass is 16.6. The topological polar surface area (TPSA) is 85.6 Å². The quantitative estimate of drug-likeness (QED) is 0.468. The third kappa shape index (κ3) is 3.72. The maximum absolute atomic E-state index is 11.9. The first-order valence-corrected chi connectivity index (χ1v) is 8.35. The zero-order valence-corrected chi connectivity index (χ0v) is 13.5. The highest BCUT2D eigenvalue weighted by molar-refractivity contribution is 5.88. The smallest absolute Gasteiger partial charge is 0.333 e. The number of esters is 1. The summed E-state index contributed by atoms with van der Waals surface area (Å²) in [4.78, 5) is 28.7. The van der Waals surface area contributed by atoms with Crippen molar-refractivity contribution >= 4 is 17.5 Å². The first-order chi connectivity index (χ1) is 11.6. The molecule has 2 aliphatic rings. The third-order valence-corrected chi connectivity index (χ3v) is 4.63. The lowest BCUT2D eigenvalue weighted by molar-refractivity contribution is -0.384. The molecule has 1 aromatic rings. The van der Waals surface area contributed by atoms with Crippen LogP contribution in [0.3, 0.4) is 0 Å². The largest absolute Gasteiger partial charge is 0.462 e. The van der Waals surface area contributed by atoms with Gasteiger partial charge in [-0.05, 0) is 44.1 Å². The molecule has 0 unspecified atom stereocenters. The third-order valence-electron chi connectivity index (χ3n) is 4.63. The lowest BCUT2D eigenvalue weighted by Gasteiger charge is -2.32. The molecule has 7 nitrogen and oxygen atoms in total. The van der Waals surface area contributed by atoms with Gasteiger partial charge in [0.25, 0.3) is 0 Å². The van der Waals surface area contributed by atoms with Gasteiger partial charge in [-0.2, -0.15) is 0 Å². The zero-order chi connectivity index (χ0) is 16.9. The highest BCUT2D eigenvalue weighted by Crippen LogP contribution is 2.29. The molecule has 0 saturated carbocycles. The Labute approximate surface area is 140 Å². The van der Waals surface area contributed by atoms with Crippen molar-refractivity contribution in [2.75, 3.05) is 24.6 Å². The van der Waals surface area contributed by atoms with Crippen LogP contribution in [-0.4, -0.2) is 35.6 Å². The average molecular weight is 331 g/mol. The predicted octanol–water partition coefficient (Wildman–Crippen LogP) is 2.86. The van der Waals surface area contributed by atoms with E-state index < -0.39 is 4.92 Å². The van der Waals surface area contributed by atoms with E-state index in [4.69, 9.17) is 4.74 Å². The van der Waals surface area contributed by atoms with Crippen molar-refractivity contribution < 1.29 is 14.5 Å². The van der Waals surface area contributed by atoms with Crippen molar-refractivity contribution in [2.45, 2.75) is 32.1 Å². The van der Waals surface area contributed by atoms with E-state index in [0.717, 1.165) is 37.7 Å². The van der Waals surface area contributed by atoms with Crippen LogP contribution in [0.4, 0.5) is 11.5 Å². The van der Waals surface area contributed by atoms with Gasteiger partial charge in [0.2, 0.25) is 5.82 Å². The fraction of sp³-hybridized carbons (Fsp3) is 0.529. The van der Waals surface area contributed by atoms with Crippen LogP contribution < -0.4 is 4.90 Å². The van der Waals surface area contributed by atoms with E-state index in [1.807, 2.05) is 11.0 Å². The normalized spacial score (nSPS) is 18.3. The lowest BCUT2D eigenvalue weighted by atomic mass is 9.97. The summed E-state index contributed by atoms with van der Waals surface area (Å²) in [5.74, 6) is 0.541. The van der Waals surface area contributed by atoms with Gasteiger partial charge in [0.05, 0.1) is 11.5 Å². The number of ether oxygens (including phenoxy) is 1. The molecular weight excluding hydrogens is 310 g/mol. The minimum atomic E-state index is -0.397. The molecular formula is C17H21N3O4. The van der Waals surface area contributed by atoms with Crippen molar-refractivity contribution in [2.24, 2.45) is 5.92 Å². The molecule has 1 fully saturated rings. The molecule has 128 valence electrons. The van der Waals surface area contributed by atoms with Crippen LogP contribution in [0.1, 0.15) is 32.1 Å². The molecule has 1 saturated heterocycles. The van der Waals surface area contributed by atoms with Gasteiger partial charge in [-0.3, -0.25) is 10.1 Å². The summed E-state index contributed by atoms with van der Waals surface area (Å²) in [6.45, 7) is 1.79. The molecule has 0 spiro atoms. The standard InChI is InChI=1S/C17H21N3O4/c21-17(14-4-1-2-5-14)24-12-13-7-10-19(11-8-13)16-15(20(22)23)6-3-9-18-16/h3-4,6,9,13H,1-2,5,7-8,10-12H2. The van der Waals surface area contributed by atoms with Gasteiger partial charge in [0.15, 0.2) is 0 Å². The van der Waals surface area contributed by atoms with Crippen LogP contribution in [0.25, 0.3) is 0 Å². The summed E-state index contributed by atoms with van der Waals surface area (Å²) < 4.78 is 5.42. The number of pyridine rings is 1. The fourth-order valence-electron chi connectivity index (χ4n) is 3.23. The number of hydrogen-bond acceptors (Lipinski definition) is 6. The van der Waals surface area contributed by atoms with Crippen molar-refractivity contribution in [1.29, 1.82) is 0 Å². The van der Waals surface area contributed by atoms with Crippen LogP contribution in [0, 0.1) is 16.0 Å². The average Bonchev–Trinajstić information content (AvgIpc) is 3.15. The molecule has 7 heteroatoms. The summed E-state index contributed by atoms with van der Waals surface area (Å²) in [5, 5.41) is 11.1. The molecule has 0 aromatic carbocycles. The number of carbonyl (C=O) groups excluding carboxylic acids is 1. The predicted molar refractivity (Wildman–Crippen MR) is 88.7 cm³/mol. The van der Waals surface area contributed by atoms with Gasteiger partial charge in [-0.15, -0.1) is 0 Å². The number of rotatable bonds is 5. The van der Waals surface area contributed by atoms with Crippen LogP contribution in [0.5, 0.6) is 0 Å². The Morgan fingerprint density at radius 2 is 2.21 bits per heavy atom. The Morgan fingerprint density at radius 3 is 2.88 bits per heavy atom. The highest BCUT2D eigenvalue weighted by Gasteiger charge is 2.26. The van der Waals surface area contributed by atoms with E-state index in [-0.39, 0.29) is 11.7 Å². The Balaban J connectivity index is 1.51. The van der Waals surface area contributed by atoms with Crippen LogP contribution >= 0.6 is 0 Å². The first-order valence-electron chi connectivity index (χ1n) is 8.35. The van der Waals surface area contributed by atoms with E-state index in [0.29, 0.717) is 31.4 Å². The molecule has 1 aliphatic heterocycles. The number of nitrogens with zero attached hydrogens (tertiary/aromatic N) is 3. The summed E-state index contributed by atoms with van der Waals surface area (Å²) in [7, 11) is 0. The maximum Gasteiger partial charge on any atom is 0.333 e. The molecule has 0 amide bonds. The summed E-state index contributed by atoms with van der Waals surface area (Å²) in [6.07, 6.45) is 8.02. The van der Waals surface area contributed by atoms with Gasteiger partial charge in [0.1, 0.15) is 0 Å². The summed E-state index contributed by atoms with van der Waals surface area (Å²) >= 11 is 0. The van der Waals surface area contributed by atoms with Crippen LogP contribution in [-0.2, 0) is 9.53 Å². The van der Waals surface area contributed by atoms with Gasteiger partial charge < -0.3 is 9.64 Å². The second kappa shape index (κ2) is 7.42. The SMILES string of the molecule is O=C(OCC1CCN(c2ncccc2[N+](=O)[O-])CC1)C1=CCCC1. The number of carbonyl (C=O) groups is 1. The molecule has 0 atom stereocenters. The number of hydrogen-bond donors (Lipinski definition) is 0. The van der Waals surface area contributed by atoms with Crippen molar-refractivity contribution in [1.82, 2.24) is 4.98 Å². The zero-order valence-electron chi connectivity index (χ0n) is 13.5. The van der Waals surface area contributed by atoms with Gasteiger partial charge in [-0.1, -0.05) is 6.08 Å². The van der Waals surface area contributed by atoms with Crippen molar-refractivity contribution in [3.05, 3.63) is 40.1 Å². The van der Waals surface area contributed by atoms with Gasteiger partial charge in [-0.25, -0.2) is 9.78 Å². The van der Waals surface area contributed by atoms with E-state index in [2.05, 4.69) is 4.98 Å². The number of aromatic nitrogens is 1. The Kier molecular flexibility index (Phi) is 5.08. The van der Waals surface area contributed by atoms with Crippen LogP contribution in [0.2, 0.25) is 0 Å². The number of allylic oxidation sites excluding steroid dienone is 1. The van der Waals surface area contributed by atoms with Crippen molar-refractivity contribution in [3.63, 3.8) is 0 Å². The molecule has 2 heterocycles. The first kappa shape index (κ1) is 16.4. The minimum Gasteiger partial charge on any atom is -0.462 e. The number of nitro groups is 1. The Bertz CT molecular complexity index is 651. The van der Waals surface area contributed by atoms with E-state index >= 15 is 0 Å². The molecule has 0 N–H and O–H groups in total. The molecule has 1 aromatic heterocycles. The van der Waals surface area contributed by atoms with Gasteiger partial charge in [0, 0.05) is 30.9 Å². The molecule has 24 heavy (non-hydrogen) atoms. The summed E-state index contributed by atoms with van der Waals surface area (Å²) in [6, 6.07) is 3.05. The van der Waals surface area contributed by atoms with E-state index in [1.165, 1.54) is 6.07 Å². The number of anilines is 1. The second-order valence-corrected chi connectivity index (χ2v) is 6.25. The van der Waals surface area contributed by atoms with Crippen LogP contribution in [0.15, 0.2) is 30.0 Å².